The monoisotopic (exact) mass is 486 g/mol. The average Bonchev–Trinajstić information content (AvgIpc) is 3.13. The number of rotatable bonds is 7. The quantitative estimate of drug-likeness (QED) is 0.346. The molecule has 178 valence electrons. The zero-order valence-electron chi connectivity index (χ0n) is 20.1. The Hall–Kier alpha value is 0.880. The fraction of sp³-hybridized carbons (Fsp3) is 1.00. The Morgan fingerprint density at radius 2 is 1.65 bits per heavy atom. The summed E-state index contributed by atoms with van der Waals surface area (Å²) < 4.78 is 24.1. The van der Waals surface area contributed by atoms with Crippen LogP contribution in [-0.2, 0) is 13.6 Å². The summed E-state index contributed by atoms with van der Waals surface area (Å²) >= 11 is 0. The molecule has 4 fully saturated rings. The lowest BCUT2D eigenvalue weighted by atomic mass is 9.43. The Bertz CT molecular complexity index is 648. The molecular weight excluding hydrogens is 441 g/mol. The van der Waals surface area contributed by atoms with E-state index in [2.05, 4.69) is 46.6 Å². The van der Waals surface area contributed by atoms with Gasteiger partial charge < -0.3 is 9.05 Å². The van der Waals surface area contributed by atoms with E-state index in [1.54, 1.807) is 0 Å². The van der Waals surface area contributed by atoms with Crippen molar-refractivity contribution in [1.82, 2.24) is 0 Å². The first-order valence-electron chi connectivity index (χ1n) is 12.9. The molecule has 0 heterocycles. The molecule has 4 saturated carbocycles. The lowest BCUT2D eigenvalue weighted by Gasteiger charge is -2.64. The van der Waals surface area contributed by atoms with E-state index >= 15 is 0 Å². The standard InChI is InChI=1S/C25H45O3P3/c1-5-6-7-15(2)17-8-9-18-21-19(11-13-24(17,18)3)25(4)12-10-16(31-26)14-20(25)22(27-29)23(21)28-30/h15-23H,5-14,29-30H2,1-4H3/t15?,16-,17?,18?,19?,20+,21?,22+,23-,24-,25-/m1/s1. The van der Waals surface area contributed by atoms with Crippen molar-refractivity contribution in [2.75, 3.05) is 0 Å². The second kappa shape index (κ2) is 9.86. The minimum atomic E-state index is 0.0808. The molecule has 0 spiro atoms. The highest BCUT2D eigenvalue weighted by molar-refractivity contribution is 7.24. The summed E-state index contributed by atoms with van der Waals surface area (Å²) in [6.07, 6.45) is 13.0. The fourth-order valence-electron chi connectivity index (χ4n) is 9.32. The minimum absolute atomic E-state index is 0.0808. The van der Waals surface area contributed by atoms with Gasteiger partial charge in [-0.05, 0) is 91.3 Å². The summed E-state index contributed by atoms with van der Waals surface area (Å²) in [6, 6.07) is 0. The molecule has 0 aromatic carbocycles. The van der Waals surface area contributed by atoms with Crippen molar-refractivity contribution in [3.63, 3.8) is 0 Å². The molecule has 0 aromatic rings. The third-order valence-electron chi connectivity index (χ3n) is 10.9. The summed E-state index contributed by atoms with van der Waals surface area (Å²) in [5.41, 5.74) is 1.00. The second-order valence-corrected chi connectivity index (χ2v) is 13.5. The van der Waals surface area contributed by atoms with Gasteiger partial charge in [0.1, 0.15) is 0 Å². The van der Waals surface area contributed by atoms with Crippen LogP contribution in [0.2, 0.25) is 0 Å². The van der Waals surface area contributed by atoms with Crippen LogP contribution in [0.5, 0.6) is 0 Å². The van der Waals surface area contributed by atoms with Crippen molar-refractivity contribution in [2.45, 2.75) is 110 Å². The molecule has 6 heteroatoms. The lowest BCUT2D eigenvalue weighted by molar-refractivity contribution is -0.195. The van der Waals surface area contributed by atoms with Crippen LogP contribution in [0.1, 0.15) is 91.9 Å². The van der Waals surface area contributed by atoms with Gasteiger partial charge in [0, 0.05) is 24.6 Å². The second-order valence-electron chi connectivity index (χ2n) is 12.0. The molecule has 0 amide bonds. The zero-order chi connectivity index (χ0) is 22.4. The highest BCUT2D eigenvalue weighted by Gasteiger charge is 2.66. The van der Waals surface area contributed by atoms with E-state index in [1.807, 2.05) is 0 Å². The maximum atomic E-state index is 11.8. The molecular formula is C25H45O3P3. The van der Waals surface area contributed by atoms with Crippen molar-refractivity contribution >= 4 is 27.4 Å². The largest absolute Gasteiger partial charge is 0.359 e. The van der Waals surface area contributed by atoms with Crippen LogP contribution in [-0.4, -0.2) is 17.9 Å². The molecule has 0 aromatic heterocycles. The molecule has 0 radical (unpaired) electrons. The molecule has 4 aliphatic rings. The summed E-state index contributed by atoms with van der Waals surface area (Å²) in [5, 5.41) is 0. The van der Waals surface area contributed by atoms with Crippen LogP contribution >= 0.6 is 27.4 Å². The Balaban J connectivity index is 1.66. The van der Waals surface area contributed by atoms with Gasteiger partial charge >= 0.3 is 0 Å². The molecule has 3 nitrogen and oxygen atoms in total. The minimum Gasteiger partial charge on any atom is -0.359 e. The van der Waals surface area contributed by atoms with Gasteiger partial charge in [0.25, 0.3) is 0 Å². The van der Waals surface area contributed by atoms with Crippen molar-refractivity contribution in [1.29, 1.82) is 0 Å². The lowest BCUT2D eigenvalue weighted by Crippen LogP contribution is -2.64. The summed E-state index contributed by atoms with van der Waals surface area (Å²) in [4.78, 5) is 0. The maximum Gasteiger partial charge on any atom is 0.158 e. The molecule has 0 bridgehead atoms. The van der Waals surface area contributed by atoms with Crippen LogP contribution in [0.15, 0.2) is 0 Å². The Morgan fingerprint density at radius 3 is 2.29 bits per heavy atom. The first kappa shape index (κ1) is 25.0. The molecule has 0 N–H and O–H groups in total. The van der Waals surface area contributed by atoms with Crippen LogP contribution in [0, 0.1) is 46.3 Å². The topological polar surface area (TPSA) is 35.5 Å². The smallest absolute Gasteiger partial charge is 0.158 e. The van der Waals surface area contributed by atoms with Gasteiger partial charge in [-0.3, -0.25) is 4.57 Å². The van der Waals surface area contributed by atoms with Crippen LogP contribution in [0.25, 0.3) is 0 Å². The van der Waals surface area contributed by atoms with Crippen molar-refractivity contribution in [3.8, 4) is 0 Å². The highest BCUT2D eigenvalue weighted by atomic mass is 31.1. The predicted octanol–water partition coefficient (Wildman–Crippen LogP) is 7.70. The summed E-state index contributed by atoms with van der Waals surface area (Å²) in [5.74, 6) is 4.13. The van der Waals surface area contributed by atoms with Gasteiger partial charge in [0.15, 0.2) is 8.46 Å². The Labute approximate surface area is 197 Å². The summed E-state index contributed by atoms with van der Waals surface area (Å²) in [6.45, 7) is 10.0. The third kappa shape index (κ3) is 4.04. The van der Waals surface area contributed by atoms with E-state index < -0.39 is 0 Å². The molecule has 13 atom stereocenters. The number of unbranched alkanes of at least 4 members (excludes halogenated alkanes) is 1. The van der Waals surface area contributed by atoms with Crippen molar-refractivity contribution in [2.24, 2.45) is 46.3 Å². The molecule has 0 aliphatic heterocycles. The first-order valence-corrected chi connectivity index (χ1v) is 14.7. The third-order valence-corrected chi connectivity index (χ3v) is 12.3. The van der Waals surface area contributed by atoms with Crippen molar-refractivity contribution in [3.05, 3.63) is 0 Å². The van der Waals surface area contributed by atoms with E-state index in [4.69, 9.17) is 9.05 Å². The highest BCUT2D eigenvalue weighted by Crippen LogP contribution is 2.69. The average molecular weight is 487 g/mol. The molecule has 7 unspecified atom stereocenters. The van der Waals surface area contributed by atoms with Crippen LogP contribution in [0.3, 0.4) is 0 Å². The van der Waals surface area contributed by atoms with Gasteiger partial charge in [-0.25, -0.2) is 0 Å². The van der Waals surface area contributed by atoms with E-state index in [1.165, 1.54) is 51.4 Å². The Morgan fingerprint density at radius 1 is 0.968 bits per heavy atom. The number of fused-ring (bicyclic) bond motifs is 5. The van der Waals surface area contributed by atoms with E-state index in [0.29, 0.717) is 31.6 Å². The number of hydrogen-bond acceptors (Lipinski definition) is 3. The van der Waals surface area contributed by atoms with Crippen LogP contribution in [0.4, 0.5) is 0 Å². The van der Waals surface area contributed by atoms with E-state index in [-0.39, 0.29) is 23.3 Å². The maximum absolute atomic E-state index is 11.8. The normalized spacial score (nSPS) is 50.5. The van der Waals surface area contributed by atoms with E-state index in [9.17, 15) is 4.57 Å². The predicted molar refractivity (Wildman–Crippen MR) is 135 cm³/mol. The Kier molecular flexibility index (Phi) is 7.95. The molecule has 4 rings (SSSR count). The van der Waals surface area contributed by atoms with Crippen LogP contribution < -0.4 is 0 Å². The molecule has 31 heavy (non-hydrogen) atoms. The summed E-state index contributed by atoms with van der Waals surface area (Å²) in [7, 11) is 5.48. The van der Waals surface area contributed by atoms with E-state index in [0.717, 1.165) is 30.6 Å². The van der Waals surface area contributed by atoms with Gasteiger partial charge in [-0.1, -0.05) is 47.0 Å². The zero-order valence-corrected chi connectivity index (χ0v) is 23.3. The SMILES string of the molecule is CCCCC(C)C1CCC2C3C(CC[C@]12C)[C@@]1(C)CC[C@@H](P=O)C[C@H]1[C@H](OP)[C@@H]3OP. The first-order chi connectivity index (χ1) is 14.9. The molecule has 4 aliphatic carbocycles. The molecule has 0 saturated heterocycles. The van der Waals surface area contributed by atoms with Crippen molar-refractivity contribution < 1.29 is 13.6 Å². The fourth-order valence-corrected chi connectivity index (χ4v) is 10.6. The number of hydrogen-bond donors (Lipinski definition) is 0. The van der Waals surface area contributed by atoms with Gasteiger partial charge in [0.2, 0.25) is 0 Å². The van der Waals surface area contributed by atoms with Gasteiger partial charge in [0.05, 0.1) is 12.2 Å². The van der Waals surface area contributed by atoms with Gasteiger partial charge in [-0.2, -0.15) is 0 Å². The van der Waals surface area contributed by atoms with Gasteiger partial charge in [-0.15, -0.1) is 0 Å².